The quantitative estimate of drug-likeness (QED) is 0.737. The Morgan fingerprint density at radius 1 is 1.24 bits per heavy atom. The van der Waals surface area contributed by atoms with Gasteiger partial charge in [0, 0.05) is 19.3 Å². The van der Waals surface area contributed by atoms with E-state index in [1.165, 1.54) is 0 Å². The zero-order valence-electron chi connectivity index (χ0n) is 14.0. The average molecular weight is 358 g/mol. The molecule has 0 saturated carbocycles. The Labute approximate surface area is 151 Å². The lowest BCUT2D eigenvalue weighted by atomic mass is 10.2. The van der Waals surface area contributed by atoms with Crippen LogP contribution in [0.15, 0.2) is 48.7 Å². The van der Waals surface area contributed by atoms with Crippen molar-refractivity contribution < 1.29 is 9.90 Å². The fourth-order valence-corrected chi connectivity index (χ4v) is 3.03. The lowest BCUT2D eigenvalue weighted by molar-refractivity contribution is 0.0699. The molecule has 25 heavy (non-hydrogen) atoms. The molecule has 0 radical (unpaired) electrons. The number of imidazole rings is 1. The van der Waals surface area contributed by atoms with Crippen molar-refractivity contribution >= 4 is 23.2 Å². The van der Waals surface area contributed by atoms with Gasteiger partial charge in [-0.3, -0.25) is 9.20 Å². The number of carbonyl (C=O) groups is 1. The van der Waals surface area contributed by atoms with Gasteiger partial charge in [0.05, 0.1) is 17.3 Å². The van der Waals surface area contributed by atoms with Crippen LogP contribution in [0.2, 0.25) is 5.02 Å². The van der Waals surface area contributed by atoms with Crippen LogP contribution < -0.4 is 0 Å². The van der Waals surface area contributed by atoms with Gasteiger partial charge in [-0.15, -0.1) is 0 Å². The lowest BCUT2D eigenvalue weighted by Crippen LogP contribution is -2.34. The topological polar surface area (TPSA) is 57.8 Å². The predicted molar refractivity (Wildman–Crippen MR) is 97.8 cm³/mol. The second-order valence-corrected chi connectivity index (χ2v) is 6.21. The molecular formula is C19H20ClN3O2. The summed E-state index contributed by atoms with van der Waals surface area (Å²) in [6, 6.07) is 13.3. The van der Waals surface area contributed by atoms with Gasteiger partial charge in [-0.25, -0.2) is 4.98 Å². The molecule has 0 bridgehead atoms. The molecule has 3 rings (SSSR count). The largest absolute Gasteiger partial charge is 0.395 e. The van der Waals surface area contributed by atoms with E-state index in [0.29, 0.717) is 29.3 Å². The van der Waals surface area contributed by atoms with E-state index in [-0.39, 0.29) is 19.1 Å². The Bertz CT molecular complexity index is 877. The number of fused-ring (bicyclic) bond motifs is 1. The molecule has 5 nitrogen and oxygen atoms in total. The molecule has 1 aromatic carbocycles. The van der Waals surface area contributed by atoms with Crippen LogP contribution in [-0.2, 0) is 13.0 Å². The Hall–Kier alpha value is -2.37. The molecule has 0 saturated heterocycles. The summed E-state index contributed by atoms with van der Waals surface area (Å²) in [7, 11) is 0. The summed E-state index contributed by atoms with van der Waals surface area (Å²) in [6.45, 7) is 2.55. The number of amides is 1. The maximum Gasteiger partial charge on any atom is 0.273 e. The van der Waals surface area contributed by atoms with E-state index in [1.54, 1.807) is 27.6 Å². The zero-order valence-corrected chi connectivity index (χ0v) is 14.8. The van der Waals surface area contributed by atoms with Crippen LogP contribution in [0.3, 0.4) is 0 Å². The van der Waals surface area contributed by atoms with Crippen LogP contribution in [0.25, 0.3) is 5.65 Å². The molecule has 0 aliphatic rings. The first-order valence-corrected chi connectivity index (χ1v) is 8.62. The summed E-state index contributed by atoms with van der Waals surface area (Å²) in [5.74, 6) is -0.162. The molecule has 6 heteroatoms. The third-order valence-corrected chi connectivity index (χ3v) is 4.29. The molecule has 0 spiro atoms. The Morgan fingerprint density at radius 2 is 2.00 bits per heavy atom. The minimum absolute atomic E-state index is 0.0997. The highest BCUT2D eigenvalue weighted by Crippen LogP contribution is 2.20. The number of carbonyl (C=O) groups excluding carboxylic acids is 1. The second-order valence-electron chi connectivity index (χ2n) is 5.77. The van der Waals surface area contributed by atoms with Crippen LogP contribution in [0.4, 0.5) is 0 Å². The molecular weight excluding hydrogens is 338 g/mol. The summed E-state index contributed by atoms with van der Waals surface area (Å²) in [5.41, 5.74) is 2.93. The third-order valence-electron chi connectivity index (χ3n) is 4.07. The molecule has 0 aliphatic heterocycles. The number of aromatic nitrogens is 2. The van der Waals surface area contributed by atoms with Gasteiger partial charge in [-0.2, -0.15) is 0 Å². The zero-order chi connectivity index (χ0) is 17.8. The lowest BCUT2D eigenvalue weighted by Gasteiger charge is -2.22. The summed E-state index contributed by atoms with van der Waals surface area (Å²) in [4.78, 5) is 19.4. The Balaban J connectivity index is 2.01. The molecule has 0 aliphatic carbocycles. The van der Waals surface area contributed by atoms with Crippen molar-refractivity contribution in [1.82, 2.24) is 14.3 Å². The van der Waals surface area contributed by atoms with Gasteiger partial charge >= 0.3 is 0 Å². The molecule has 1 N–H and O–H groups in total. The SMILES string of the molecule is CCc1nc2ccc(Cl)cn2c1C(=O)N(CCO)Cc1ccccc1. The van der Waals surface area contributed by atoms with Gasteiger partial charge < -0.3 is 10.0 Å². The molecule has 130 valence electrons. The highest BCUT2D eigenvalue weighted by molar-refractivity contribution is 6.30. The smallest absolute Gasteiger partial charge is 0.273 e. The van der Waals surface area contributed by atoms with E-state index in [0.717, 1.165) is 11.3 Å². The van der Waals surface area contributed by atoms with Crippen molar-refractivity contribution in [2.75, 3.05) is 13.2 Å². The highest BCUT2D eigenvalue weighted by atomic mass is 35.5. The number of aliphatic hydroxyl groups is 1. The van der Waals surface area contributed by atoms with Gasteiger partial charge in [0.1, 0.15) is 11.3 Å². The fourth-order valence-electron chi connectivity index (χ4n) is 2.87. The van der Waals surface area contributed by atoms with Crippen LogP contribution in [0.5, 0.6) is 0 Å². The maximum atomic E-state index is 13.2. The van der Waals surface area contributed by atoms with Crippen LogP contribution in [0.1, 0.15) is 28.7 Å². The summed E-state index contributed by atoms with van der Waals surface area (Å²) in [5, 5.41) is 9.95. The minimum atomic E-state index is -0.162. The molecule has 0 unspecified atom stereocenters. The van der Waals surface area contributed by atoms with E-state index in [1.807, 2.05) is 37.3 Å². The number of halogens is 1. The van der Waals surface area contributed by atoms with Gasteiger partial charge in [0.15, 0.2) is 0 Å². The van der Waals surface area contributed by atoms with Crippen molar-refractivity contribution in [3.63, 3.8) is 0 Å². The van der Waals surface area contributed by atoms with E-state index in [9.17, 15) is 9.90 Å². The number of aryl methyl sites for hydroxylation is 1. The van der Waals surface area contributed by atoms with Crippen LogP contribution in [-0.4, -0.2) is 38.4 Å². The third kappa shape index (κ3) is 3.67. The Morgan fingerprint density at radius 3 is 2.68 bits per heavy atom. The molecule has 3 aromatic rings. The van der Waals surface area contributed by atoms with Gasteiger partial charge in [0.2, 0.25) is 0 Å². The summed E-state index contributed by atoms with van der Waals surface area (Å²) < 4.78 is 1.73. The number of aliphatic hydroxyl groups excluding tert-OH is 1. The first-order chi connectivity index (χ1) is 12.1. The van der Waals surface area contributed by atoms with Crippen molar-refractivity contribution in [1.29, 1.82) is 0 Å². The number of hydrogen-bond acceptors (Lipinski definition) is 3. The normalized spacial score (nSPS) is 11.0. The number of nitrogens with zero attached hydrogens (tertiary/aromatic N) is 3. The Kier molecular flexibility index (Phi) is 5.36. The van der Waals surface area contributed by atoms with Gasteiger partial charge in [-0.05, 0) is 24.1 Å². The first kappa shape index (κ1) is 17.5. The van der Waals surface area contributed by atoms with E-state index in [2.05, 4.69) is 4.98 Å². The number of hydrogen-bond donors (Lipinski definition) is 1. The van der Waals surface area contributed by atoms with Crippen molar-refractivity contribution in [2.45, 2.75) is 19.9 Å². The van der Waals surface area contributed by atoms with E-state index in [4.69, 9.17) is 11.6 Å². The van der Waals surface area contributed by atoms with Gasteiger partial charge in [-0.1, -0.05) is 48.9 Å². The second kappa shape index (κ2) is 7.68. The summed E-state index contributed by atoms with van der Waals surface area (Å²) in [6.07, 6.45) is 2.34. The van der Waals surface area contributed by atoms with E-state index < -0.39 is 0 Å². The monoisotopic (exact) mass is 357 g/mol. The maximum absolute atomic E-state index is 13.2. The number of benzene rings is 1. The predicted octanol–water partition coefficient (Wildman–Crippen LogP) is 3.18. The standard InChI is InChI=1S/C19H20ClN3O2/c1-2-16-18(23-13-15(20)8-9-17(23)21-16)19(25)22(10-11-24)12-14-6-4-3-5-7-14/h3-9,13,24H,2,10-12H2,1H3. The molecule has 0 atom stereocenters. The minimum Gasteiger partial charge on any atom is -0.395 e. The van der Waals surface area contributed by atoms with Gasteiger partial charge in [0.25, 0.3) is 5.91 Å². The van der Waals surface area contributed by atoms with Crippen LogP contribution in [0, 0.1) is 0 Å². The van der Waals surface area contributed by atoms with Crippen molar-refractivity contribution in [3.05, 3.63) is 70.6 Å². The van der Waals surface area contributed by atoms with Crippen LogP contribution >= 0.6 is 11.6 Å². The highest BCUT2D eigenvalue weighted by Gasteiger charge is 2.23. The number of rotatable bonds is 6. The van der Waals surface area contributed by atoms with Crippen molar-refractivity contribution in [3.8, 4) is 0 Å². The molecule has 2 heterocycles. The summed E-state index contributed by atoms with van der Waals surface area (Å²) >= 11 is 6.10. The first-order valence-electron chi connectivity index (χ1n) is 8.24. The molecule has 0 fully saturated rings. The van der Waals surface area contributed by atoms with Crippen molar-refractivity contribution in [2.24, 2.45) is 0 Å². The molecule has 2 aromatic heterocycles. The average Bonchev–Trinajstić information content (AvgIpc) is 2.99. The number of pyridine rings is 1. The molecule has 1 amide bonds. The fraction of sp³-hybridized carbons (Fsp3) is 0.263. The van der Waals surface area contributed by atoms with E-state index >= 15 is 0 Å².